The van der Waals surface area contributed by atoms with Gasteiger partial charge >= 0.3 is 0 Å². The van der Waals surface area contributed by atoms with Gasteiger partial charge in [0.25, 0.3) is 0 Å². The molecule has 28 heavy (non-hydrogen) atoms. The molecule has 0 spiro atoms. The lowest BCUT2D eigenvalue weighted by atomic mass is 9.88. The summed E-state index contributed by atoms with van der Waals surface area (Å²) in [6.45, 7) is 5.73. The molecule has 8 nitrogen and oxygen atoms in total. The standard InChI is InChI=1S/C20H28N6O2/c1-20(2,3)22-17(27)13-26-24-18(23-25-26)15-11-7-8-12-16(15)21-19(28)14-9-5-4-6-10-14/h7-8,11-12,14H,4-6,9-10,13H2,1-3H3,(H,21,28)(H,22,27). The molecule has 1 aliphatic rings. The minimum atomic E-state index is -0.323. The zero-order valence-electron chi connectivity index (χ0n) is 16.7. The number of amides is 2. The maximum absolute atomic E-state index is 12.6. The molecule has 1 aromatic heterocycles. The number of carbonyl (C=O) groups excluding carboxylic acids is 2. The Morgan fingerprint density at radius 2 is 1.86 bits per heavy atom. The third-order valence-corrected chi connectivity index (χ3v) is 4.65. The van der Waals surface area contributed by atoms with Gasteiger partial charge in [0, 0.05) is 17.0 Å². The van der Waals surface area contributed by atoms with Gasteiger partial charge < -0.3 is 10.6 Å². The summed E-state index contributed by atoms with van der Waals surface area (Å²) in [4.78, 5) is 25.9. The van der Waals surface area contributed by atoms with Gasteiger partial charge in [-0.2, -0.15) is 4.80 Å². The Labute approximate surface area is 165 Å². The lowest BCUT2D eigenvalue weighted by molar-refractivity contribution is -0.123. The lowest BCUT2D eigenvalue weighted by Crippen LogP contribution is -2.42. The summed E-state index contributed by atoms with van der Waals surface area (Å²) in [7, 11) is 0. The van der Waals surface area contributed by atoms with Gasteiger partial charge in [-0.15, -0.1) is 10.2 Å². The number of para-hydroxylation sites is 1. The smallest absolute Gasteiger partial charge is 0.244 e. The molecule has 0 radical (unpaired) electrons. The molecule has 0 unspecified atom stereocenters. The zero-order chi connectivity index (χ0) is 20.1. The molecule has 0 saturated heterocycles. The van der Waals surface area contributed by atoms with Gasteiger partial charge in [-0.1, -0.05) is 31.4 Å². The third kappa shape index (κ3) is 5.37. The first kappa shape index (κ1) is 20.0. The highest BCUT2D eigenvalue weighted by Crippen LogP contribution is 2.28. The van der Waals surface area contributed by atoms with Crippen molar-refractivity contribution in [3.05, 3.63) is 24.3 Å². The number of rotatable bonds is 5. The molecule has 2 amide bonds. The summed E-state index contributed by atoms with van der Waals surface area (Å²) in [5.41, 5.74) is 1.03. The fraction of sp³-hybridized carbons (Fsp3) is 0.550. The Morgan fingerprint density at radius 1 is 1.14 bits per heavy atom. The van der Waals surface area contributed by atoms with Gasteiger partial charge in [0.05, 0.1) is 5.69 Å². The molecular weight excluding hydrogens is 356 g/mol. The van der Waals surface area contributed by atoms with Crippen LogP contribution in [0, 0.1) is 5.92 Å². The summed E-state index contributed by atoms with van der Waals surface area (Å²) in [5, 5.41) is 18.2. The fourth-order valence-corrected chi connectivity index (χ4v) is 3.39. The molecule has 2 N–H and O–H groups in total. The monoisotopic (exact) mass is 384 g/mol. The van der Waals surface area contributed by atoms with E-state index in [4.69, 9.17) is 0 Å². The molecule has 3 rings (SSSR count). The Kier molecular flexibility index (Phi) is 6.06. The Morgan fingerprint density at radius 3 is 2.57 bits per heavy atom. The van der Waals surface area contributed by atoms with Crippen LogP contribution in [0.25, 0.3) is 11.4 Å². The summed E-state index contributed by atoms with van der Waals surface area (Å²) in [6.07, 6.45) is 5.28. The van der Waals surface area contributed by atoms with E-state index in [9.17, 15) is 9.59 Å². The van der Waals surface area contributed by atoms with Gasteiger partial charge in [0.1, 0.15) is 6.54 Å². The lowest BCUT2D eigenvalue weighted by Gasteiger charge is -2.21. The van der Waals surface area contributed by atoms with Gasteiger partial charge in [0.15, 0.2) is 0 Å². The topological polar surface area (TPSA) is 102 Å². The Balaban J connectivity index is 1.71. The van der Waals surface area contributed by atoms with Gasteiger partial charge in [-0.05, 0) is 51.0 Å². The largest absolute Gasteiger partial charge is 0.350 e. The highest BCUT2D eigenvalue weighted by atomic mass is 16.2. The second-order valence-electron chi connectivity index (χ2n) is 8.31. The van der Waals surface area contributed by atoms with E-state index in [1.807, 2.05) is 45.0 Å². The average Bonchev–Trinajstić information content (AvgIpc) is 3.09. The van der Waals surface area contributed by atoms with Crippen LogP contribution in [0.1, 0.15) is 52.9 Å². The SMILES string of the molecule is CC(C)(C)NC(=O)Cn1nnc(-c2ccccc2NC(=O)C2CCCCC2)n1. The van der Waals surface area contributed by atoms with Gasteiger partial charge in [0.2, 0.25) is 17.6 Å². The molecule has 1 fully saturated rings. The normalized spacial score (nSPS) is 15.2. The van der Waals surface area contributed by atoms with Crippen molar-refractivity contribution in [1.29, 1.82) is 0 Å². The number of hydrogen-bond acceptors (Lipinski definition) is 5. The average molecular weight is 384 g/mol. The van der Waals surface area contributed by atoms with E-state index >= 15 is 0 Å². The van der Waals surface area contributed by atoms with Crippen LogP contribution in [0.15, 0.2) is 24.3 Å². The molecule has 1 saturated carbocycles. The highest BCUT2D eigenvalue weighted by Gasteiger charge is 2.22. The van der Waals surface area contributed by atoms with E-state index in [1.54, 1.807) is 0 Å². The van der Waals surface area contributed by atoms with E-state index in [0.717, 1.165) is 25.7 Å². The molecule has 1 heterocycles. The predicted octanol–water partition coefficient (Wildman–Crippen LogP) is 2.77. The third-order valence-electron chi connectivity index (χ3n) is 4.65. The van der Waals surface area contributed by atoms with Crippen LogP contribution in [-0.4, -0.2) is 37.6 Å². The predicted molar refractivity (Wildman–Crippen MR) is 106 cm³/mol. The van der Waals surface area contributed by atoms with E-state index in [1.165, 1.54) is 11.2 Å². The molecular formula is C20H28N6O2. The quantitative estimate of drug-likeness (QED) is 0.825. The van der Waals surface area contributed by atoms with Crippen molar-refractivity contribution in [2.24, 2.45) is 5.92 Å². The van der Waals surface area contributed by atoms with Crippen LogP contribution in [0.5, 0.6) is 0 Å². The van der Waals surface area contributed by atoms with Crippen molar-refractivity contribution in [2.45, 2.75) is 65.0 Å². The number of nitrogens with zero attached hydrogens (tertiary/aromatic N) is 4. The number of aromatic nitrogens is 4. The number of anilines is 1. The van der Waals surface area contributed by atoms with Crippen LogP contribution < -0.4 is 10.6 Å². The molecule has 150 valence electrons. The van der Waals surface area contributed by atoms with Crippen LogP contribution in [0.4, 0.5) is 5.69 Å². The van der Waals surface area contributed by atoms with Crippen molar-refractivity contribution in [3.8, 4) is 11.4 Å². The van der Waals surface area contributed by atoms with E-state index in [-0.39, 0.29) is 29.8 Å². The van der Waals surface area contributed by atoms with Gasteiger partial charge in [-0.25, -0.2) is 0 Å². The summed E-state index contributed by atoms with van der Waals surface area (Å²) in [5.74, 6) is 0.300. The fourth-order valence-electron chi connectivity index (χ4n) is 3.39. The molecule has 1 aromatic carbocycles. The molecule has 1 aliphatic carbocycles. The zero-order valence-corrected chi connectivity index (χ0v) is 16.7. The van der Waals surface area contributed by atoms with Crippen LogP contribution >= 0.6 is 0 Å². The van der Waals surface area contributed by atoms with Crippen LogP contribution in [0.2, 0.25) is 0 Å². The molecule has 2 aromatic rings. The summed E-state index contributed by atoms with van der Waals surface area (Å²) < 4.78 is 0. The maximum Gasteiger partial charge on any atom is 0.244 e. The van der Waals surface area contributed by atoms with Crippen LogP contribution in [0.3, 0.4) is 0 Å². The van der Waals surface area contributed by atoms with Crippen molar-refractivity contribution >= 4 is 17.5 Å². The minimum absolute atomic E-state index is 0.0130. The minimum Gasteiger partial charge on any atom is -0.350 e. The number of carbonyl (C=O) groups is 2. The number of hydrogen-bond donors (Lipinski definition) is 2. The van der Waals surface area contributed by atoms with Crippen molar-refractivity contribution < 1.29 is 9.59 Å². The van der Waals surface area contributed by atoms with Gasteiger partial charge in [-0.3, -0.25) is 9.59 Å². The first-order valence-electron chi connectivity index (χ1n) is 9.81. The van der Waals surface area contributed by atoms with Crippen LogP contribution in [-0.2, 0) is 16.1 Å². The Bertz CT molecular complexity index is 833. The molecule has 0 aliphatic heterocycles. The maximum atomic E-state index is 12.6. The summed E-state index contributed by atoms with van der Waals surface area (Å²) >= 11 is 0. The van der Waals surface area contributed by atoms with Crippen molar-refractivity contribution in [1.82, 2.24) is 25.5 Å². The van der Waals surface area contributed by atoms with E-state index < -0.39 is 0 Å². The number of nitrogens with one attached hydrogen (secondary N) is 2. The van der Waals surface area contributed by atoms with E-state index in [0.29, 0.717) is 17.1 Å². The molecule has 0 bridgehead atoms. The Hall–Kier alpha value is -2.77. The number of benzene rings is 1. The van der Waals surface area contributed by atoms with E-state index in [2.05, 4.69) is 26.0 Å². The second-order valence-corrected chi connectivity index (χ2v) is 8.31. The highest BCUT2D eigenvalue weighted by molar-refractivity contribution is 5.96. The second kappa shape index (κ2) is 8.50. The first-order chi connectivity index (χ1) is 13.3. The summed E-state index contributed by atoms with van der Waals surface area (Å²) in [6, 6.07) is 7.40. The van der Waals surface area contributed by atoms with Crippen molar-refractivity contribution in [2.75, 3.05) is 5.32 Å². The van der Waals surface area contributed by atoms with Crippen molar-refractivity contribution in [3.63, 3.8) is 0 Å². The first-order valence-corrected chi connectivity index (χ1v) is 9.81. The molecule has 8 heteroatoms. The molecule has 0 atom stereocenters. The number of tetrazole rings is 1.